The molecule has 2 N–H and O–H groups in total. The summed E-state index contributed by atoms with van der Waals surface area (Å²) in [5, 5.41) is 7.10. The molecule has 0 spiro atoms. The van der Waals surface area contributed by atoms with Crippen LogP contribution in [0.5, 0.6) is 5.88 Å². The Morgan fingerprint density at radius 2 is 2.04 bits per heavy atom. The number of hydrogen-bond donors (Lipinski definition) is 2. The summed E-state index contributed by atoms with van der Waals surface area (Å²) in [4.78, 5) is 13.1. The zero-order valence-electron chi connectivity index (χ0n) is 13.7. The number of guanidine groups is 1. The van der Waals surface area contributed by atoms with Gasteiger partial charge in [-0.1, -0.05) is 0 Å². The molecule has 2 aromatic rings. The number of alkyl halides is 3. The molecule has 0 bridgehead atoms. The Bertz CT molecular complexity index is 700. The van der Waals surface area contributed by atoms with E-state index < -0.39 is 11.7 Å². The summed E-state index contributed by atoms with van der Waals surface area (Å²) in [7, 11) is 1.64. The van der Waals surface area contributed by atoms with E-state index in [1.54, 1.807) is 18.4 Å². The highest BCUT2D eigenvalue weighted by molar-refractivity contribution is 7.11. The van der Waals surface area contributed by atoms with Crippen LogP contribution >= 0.6 is 11.3 Å². The first-order valence-electron chi connectivity index (χ1n) is 7.40. The average Bonchev–Trinajstić information content (AvgIpc) is 2.99. The van der Waals surface area contributed by atoms with Crippen LogP contribution < -0.4 is 15.4 Å². The molecule has 0 aromatic carbocycles. The predicted molar refractivity (Wildman–Crippen MR) is 89.8 cm³/mol. The molecule has 25 heavy (non-hydrogen) atoms. The number of halogens is 3. The Morgan fingerprint density at radius 3 is 2.60 bits per heavy atom. The molecule has 0 fully saturated rings. The van der Waals surface area contributed by atoms with Crippen molar-refractivity contribution in [3.63, 3.8) is 0 Å². The van der Waals surface area contributed by atoms with Crippen LogP contribution in [0.25, 0.3) is 0 Å². The van der Waals surface area contributed by atoms with Crippen molar-refractivity contribution < 1.29 is 17.9 Å². The van der Waals surface area contributed by atoms with E-state index >= 15 is 0 Å². The van der Waals surface area contributed by atoms with Crippen LogP contribution in [0.3, 0.4) is 0 Å². The third kappa shape index (κ3) is 6.22. The van der Waals surface area contributed by atoms with E-state index in [0.717, 1.165) is 22.1 Å². The minimum atomic E-state index is -4.40. The van der Waals surface area contributed by atoms with Crippen LogP contribution in [-0.4, -0.2) is 36.1 Å². The fraction of sp³-hybridized carbons (Fsp3) is 0.400. The summed E-state index contributed by atoms with van der Waals surface area (Å²) in [5.74, 6) is 0.716. The van der Waals surface area contributed by atoms with Gasteiger partial charge < -0.3 is 15.4 Å². The van der Waals surface area contributed by atoms with E-state index in [9.17, 15) is 13.2 Å². The summed E-state index contributed by atoms with van der Waals surface area (Å²) in [6, 6.07) is 2.13. The van der Waals surface area contributed by atoms with Crippen molar-refractivity contribution >= 4 is 17.3 Å². The lowest BCUT2D eigenvalue weighted by Crippen LogP contribution is -2.38. The molecule has 0 amide bonds. The molecule has 0 unspecified atom stereocenters. The van der Waals surface area contributed by atoms with Gasteiger partial charge in [0.1, 0.15) is 11.6 Å². The van der Waals surface area contributed by atoms with Crippen LogP contribution in [0.1, 0.15) is 15.4 Å². The van der Waals surface area contributed by atoms with E-state index in [1.807, 2.05) is 13.1 Å². The number of hydrogen-bond acceptors (Lipinski definition) is 5. The minimum absolute atomic E-state index is 0.135. The summed E-state index contributed by atoms with van der Waals surface area (Å²) >= 11 is 1.60. The maximum atomic E-state index is 12.4. The Kier molecular flexibility index (Phi) is 6.57. The molecular weight excluding hydrogens is 355 g/mol. The van der Waals surface area contributed by atoms with Crippen molar-refractivity contribution in [1.29, 1.82) is 0 Å². The van der Waals surface area contributed by atoms with Crippen molar-refractivity contribution in [2.75, 3.05) is 20.2 Å². The number of rotatable bonds is 6. The van der Waals surface area contributed by atoms with Crippen molar-refractivity contribution in [2.24, 2.45) is 4.99 Å². The molecule has 2 heterocycles. The highest BCUT2D eigenvalue weighted by Crippen LogP contribution is 2.29. The van der Waals surface area contributed by atoms with Gasteiger partial charge >= 0.3 is 6.18 Å². The van der Waals surface area contributed by atoms with Crippen molar-refractivity contribution in [3.05, 3.63) is 40.0 Å². The number of nitrogens with zero attached hydrogens (tertiary/aromatic N) is 3. The van der Waals surface area contributed by atoms with Crippen LogP contribution in [0, 0.1) is 6.92 Å². The molecule has 6 nitrogen and oxygen atoms in total. The van der Waals surface area contributed by atoms with Crippen LogP contribution in [-0.2, 0) is 12.7 Å². The van der Waals surface area contributed by atoms with Gasteiger partial charge in [0.25, 0.3) is 0 Å². The SMILES string of the molecule is CN=C(NCCOc1ccc(C(F)(F)F)cn1)NCc1ncc(C)s1. The molecule has 0 saturated carbocycles. The van der Waals surface area contributed by atoms with Gasteiger partial charge in [0.15, 0.2) is 5.96 Å². The summed E-state index contributed by atoms with van der Waals surface area (Å²) in [5.41, 5.74) is -0.806. The minimum Gasteiger partial charge on any atom is -0.476 e. The number of aliphatic imine (C=N–C) groups is 1. The molecule has 0 radical (unpaired) electrons. The average molecular weight is 373 g/mol. The molecule has 0 aliphatic carbocycles. The highest BCUT2D eigenvalue weighted by atomic mass is 32.1. The second-order valence-electron chi connectivity index (χ2n) is 4.95. The molecule has 0 saturated heterocycles. The zero-order chi connectivity index (χ0) is 18.3. The van der Waals surface area contributed by atoms with Crippen molar-refractivity contribution in [2.45, 2.75) is 19.6 Å². The van der Waals surface area contributed by atoms with Crippen LogP contribution in [0.2, 0.25) is 0 Å². The second kappa shape index (κ2) is 8.65. The van der Waals surface area contributed by atoms with Gasteiger partial charge in [-0.05, 0) is 13.0 Å². The van der Waals surface area contributed by atoms with Gasteiger partial charge in [-0.2, -0.15) is 13.2 Å². The van der Waals surface area contributed by atoms with Gasteiger partial charge in [-0.25, -0.2) is 9.97 Å². The fourth-order valence-electron chi connectivity index (χ4n) is 1.82. The lowest BCUT2D eigenvalue weighted by Gasteiger charge is -2.12. The smallest absolute Gasteiger partial charge is 0.417 e. The van der Waals surface area contributed by atoms with E-state index in [2.05, 4.69) is 25.6 Å². The number of ether oxygens (including phenoxy) is 1. The largest absolute Gasteiger partial charge is 0.476 e. The number of nitrogens with one attached hydrogen (secondary N) is 2. The summed E-state index contributed by atoms with van der Waals surface area (Å²) in [6.45, 7) is 3.19. The number of thiazole rings is 1. The lowest BCUT2D eigenvalue weighted by molar-refractivity contribution is -0.137. The first-order chi connectivity index (χ1) is 11.9. The monoisotopic (exact) mass is 373 g/mol. The molecule has 0 atom stereocenters. The van der Waals surface area contributed by atoms with E-state index in [-0.39, 0.29) is 12.5 Å². The van der Waals surface area contributed by atoms with Crippen LogP contribution in [0.4, 0.5) is 13.2 Å². The molecule has 2 aromatic heterocycles. The lowest BCUT2D eigenvalue weighted by atomic mass is 10.3. The first-order valence-corrected chi connectivity index (χ1v) is 8.22. The Morgan fingerprint density at radius 1 is 1.24 bits per heavy atom. The first kappa shape index (κ1) is 19.0. The summed E-state index contributed by atoms with van der Waals surface area (Å²) in [6.07, 6.45) is -1.84. The molecule has 0 aliphatic heterocycles. The molecule has 136 valence electrons. The van der Waals surface area contributed by atoms with Crippen molar-refractivity contribution in [3.8, 4) is 5.88 Å². The maximum absolute atomic E-state index is 12.4. The third-order valence-electron chi connectivity index (χ3n) is 3.01. The van der Waals surface area contributed by atoms with E-state index in [1.165, 1.54) is 6.07 Å². The number of aryl methyl sites for hydroxylation is 1. The van der Waals surface area contributed by atoms with Crippen molar-refractivity contribution in [1.82, 2.24) is 20.6 Å². The van der Waals surface area contributed by atoms with Gasteiger partial charge in [0, 0.05) is 30.4 Å². The molecule has 10 heteroatoms. The van der Waals surface area contributed by atoms with E-state index in [0.29, 0.717) is 19.0 Å². The van der Waals surface area contributed by atoms with E-state index in [4.69, 9.17) is 4.74 Å². The maximum Gasteiger partial charge on any atom is 0.417 e. The highest BCUT2D eigenvalue weighted by Gasteiger charge is 2.30. The Balaban J connectivity index is 1.70. The predicted octanol–water partition coefficient (Wildman–Crippen LogP) is 2.61. The number of aromatic nitrogens is 2. The molecule has 0 aliphatic rings. The third-order valence-corrected chi connectivity index (χ3v) is 3.92. The van der Waals surface area contributed by atoms with Gasteiger partial charge in [0.05, 0.1) is 18.7 Å². The quantitative estimate of drug-likeness (QED) is 0.463. The summed E-state index contributed by atoms with van der Waals surface area (Å²) < 4.78 is 42.6. The van der Waals surface area contributed by atoms with Gasteiger partial charge in [-0.3, -0.25) is 4.99 Å². The normalized spacial score (nSPS) is 12.1. The molecular formula is C15H18F3N5OS. The Labute approximate surface area is 147 Å². The molecule has 2 rings (SSSR count). The number of pyridine rings is 1. The Hall–Kier alpha value is -2.36. The standard InChI is InChI=1S/C15H18F3N5OS/c1-10-7-22-13(25-10)9-23-14(19-2)20-5-6-24-12-4-3-11(8-21-12)15(16,17)18/h3-4,7-8H,5-6,9H2,1-2H3,(H2,19,20,23). The fourth-order valence-corrected chi connectivity index (χ4v) is 2.55. The van der Waals surface area contributed by atoms with Gasteiger partial charge in [0.2, 0.25) is 5.88 Å². The van der Waals surface area contributed by atoms with Gasteiger partial charge in [-0.15, -0.1) is 11.3 Å². The van der Waals surface area contributed by atoms with Crippen LogP contribution in [0.15, 0.2) is 29.5 Å². The topological polar surface area (TPSA) is 71.4 Å². The zero-order valence-corrected chi connectivity index (χ0v) is 14.5. The second-order valence-corrected chi connectivity index (χ2v) is 6.27.